The van der Waals surface area contributed by atoms with Crippen LogP contribution in [0.4, 0.5) is 5.95 Å². The van der Waals surface area contributed by atoms with Gasteiger partial charge >= 0.3 is 0 Å². The predicted octanol–water partition coefficient (Wildman–Crippen LogP) is 3.27. The number of amides is 1. The molecule has 0 spiro atoms. The first kappa shape index (κ1) is 14.7. The van der Waals surface area contributed by atoms with E-state index in [4.69, 9.17) is 0 Å². The number of allylic oxidation sites excluding steroid dienone is 2. The highest BCUT2D eigenvalue weighted by atomic mass is 16.2. The van der Waals surface area contributed by atoms with Gasteiger partial charge < -0.3 is 0 Å². The van der Waals surface area contributed by atoms with Crippen molar-refractivity contribution >= 4 is 11.9 Å². The van der Waals surface area contributed by atoms with E-state index in [0.29, 0.717) is 11.9 Å². The zero-order valence-corrected chi connectivity index (χ0v) is 13.1. The predicted molar refractivity (Wildman–Crippen MR) is 80.3 cm³/mol. The van der Waals surface area contributed by atoms with Gasteiger partial charge in [-0.2, -0.15) is 0 Å². The van der Waals surface area contributed by atoms with Gasteiger partial charge in [0.2, 0.25) is 11.9 Å². The fraction of sp³-hybridized carbons (Fsp3) is 0.562. The zero-order valence-electron chi connectivity index (χ0n) is 13.1. The number of rotatable bonds is 3. The van der Waals surface area contributed by atoms with E-state index in [0.717, 1.165) is 11.4 Å². The summed E-state index contributed by atoms with van der Waals surface area (Å²) >= 11 is 0. The van der Waals surface area contributed by atoms with Gasteiger partial charge in [0, 0.05) is 11.4 Å². The fourth-order valence-corrected chi connectivity index (χ4v) is 2.82. The summed E-state index contributed by atoms with van der Waals surface area (Å²) in [7, 11) is 0. The molecule has 1 amide bonds. The minimum Gasteiger partial charge on any atom is -0.294 e. The summed E-state index contributed by atoms with van der Waals surface area (Å²) in [5, 5.41) is 2.85. The van der Waals surface area contributed by atoms with Crippen LogP contribution in [0.3, 0.4) is 0 Å². The molecular formula is C16H23N3O. The van der Waals surface area contributed by atoms with Crippen LogP contribution in [0.5, 0.6) is 0 Å². The molecule has 0 radical (unpaired) electrons. The second-order valence-electron chi connectivity index (χ2n) is 6.53. The summed E-state index contributed by atoms with van der Waals surface area (Å²) in [5.74, 6) is 0.730. The van der Waals surface area contributed by atoms with E-state index in [9.17, 15) is 4.79 Å². The van der Waals surface area contributed by atoms with Crippen molar-refractivity contribution in [3.05, 3.63) is 29.1 Å². The van der Waals surface area contributed by atoms with Crippen LogP contribution in [0.1, 0.15) is 39.1 Å². The molecule has 0 bridgehead atoms. The Morgan fingerprint density at radius 1 is 1.25 bits per heavy atom. The number of aryl methyl sites for hydroxylation is 2. The maximum absolute atomic E-state index is 12.4. The number of anilines is 1. The van der Waals surface area contributed by atoms with E-state index in [-0.39, 0.29) is 17.2 Å². The summed E-state index contributed by atoms with van der Waals surface area (Å²) in [6.07, 6.45) is 2.19. The van der Waals surface area contributed by atoms with Crippen molar-refractivity contribution in [3.63, 3.8) is 0 Å². The Morgan fingerprint density at radius 2 is 1.80 bits per heavy atom. The molecule has 1 aliphatic rings. The molecule has 108 valence electrons. The smallest absolute Gasteiger partial charge is 0.231 e. The average Bonchev–Trinajstić information content (AvgIpc) is 2.77. The first-order chi connectivity index (χ1) is 9.21. The van der Waals surface area contributed by atoms with Gasteiger partial charge in [-0.3, -0.25) is 10.1 Å². The maximum atomic E-state index is 12.4. The Bertz CT molecular complexity index is 551. The van der Waals surface area contributed by atoms with Crippen LogP contribution in [0, 0.1) is 31.1 Å². The molecule has 1 aliphatic carbocycles. The van der Waals surface area contributed by atoms with Crippen molar-refractivity contribution in [1.82, 2.24) is 9.97 Å². The highest BCUT2D eigenvalue weighted by Crippen LogP contribution is 2.59. The number of aromatic nitrogens is 2. The molecule has 20 heavy (non-hydrogen) atoms. The second-order valence-corrected chi connectivity index (χ2v) is 6.53. The van der Waals surface area contributed by atoms with Gasteiger partial charge in [0.1, 0.15) is 0 Å². The Morgan fingerprint density at radius 3 is 2.30 bits per heavy atom. The number of hydrogen-bond donors (Lipinski definition) is 1. The normalized spacial score (nSPS) is 23.1. The van der Waals surface area contributed by atoms with Crippen LogP contribution >= 0.6 is 0 Å². The van der Waals surface area contributed by atoms with Crippen molar-refractivity contribution in [2.45, 2.75) is 41.5 Å². The second kappa shape index (κ2) is 5.00. The Balaban J connectivity index is 2.12. The number of carbonyl (C=O) groups is 1. The molecule has 1 fully saturated rings. The van der Waals surface area contributed by atoms with Crippen molar-refractivity contribution in [2.24, 2.45) is 17.3 Å². The molecule has 0 saturated heterocycles. The highest BCUT2D eigenvalue weighted by molar-refractivity contribution is 5.94. The van der Waals surface area contributed by atoms with Gasteiger partial charge in [0.25, 0.3) is 0 Å². The van der Waals surface area contributed by atoms with Crippen molar-refractivity contribution in [2.75, 3.05) is 5.32 Å². The summed E-state index contributed by atoms with van der Waals surface area (Å²) in [5.41, 5.74) is 2.99. The van der Waals surface area contributed by atoms with Crippen molar-refractivity contribution in [1.29, 1.82) is 0 Å². The number of nitrogens with one attached hydrogen (secondary N) is 1. The molecule has 1 aromatic rings. The Hall–Kier alpha value is -1.71. The molecule has 1 aromatic heterocycles. The third-order valence-corrected chi connectivity index (χ3v) is 3.92. The standard InChI is InChI=1S/C16H23N3O/c1-9(2)7-12-13(16(12,5)6)14(20)19-15-17-10(3)8-11(4)18-15/h7-8,12-13H,1-6H3,(H,17,18,19,20)/t12-,13-/m1/s1. The van der Waals surface area contributed by atoms with E-state index in [2.05, 4.69) is 49.1 Å². The lowest BCUT2D eigenvalue weighted by molar-refractivity contribution is -0.118. The zero-order chi connectivity index (χ0) is 15.1. The van der Waals surface area contributed by atoms with Crippen LogP contribution in [-0.2, 0) is 4.79 Å². The van der Waals surface area contributed by atoms with Gasteiger partial charge in [-0.15, -0.1) is 0 Å². The average molecular weight is 273 g/mol. The summed E-state index contributed by atoms with van der Waals surface area (Å²) < 4.78 is 0. The maximum Gasteiger partial charge on any atom is 0.231 e. The van der Waals surface area contributed by atoms with E-state index in [1.54, 1.807) is 0 Å². The third kappa shape index (κ3) is 2.89. The number of nitrogens with zero attached hydrogens (tertiary/aromatic N) is 2. The van der Waals surface area contributed by atoms with E-state index >= 15 is 0 Å². The first-order valence-electron chi connectivity index (χ1n) is 7.00. The lowest BCUT2D eigenvalue weighted by Crippen LogP contribution is -2.19. The monoisotopic (exact) mass is 273 g/mol. The number of hydrogen-bond acceptors (Lipinski definition) is 3. The molecule has 4 nitrogen and oxygen atoms in total. The van der Waals surface area contributed by atoms with Gasteiger partial charge in [-0.25, -0.2) is 9.97 Å². The molecule has 2 rings (SSSR count). The molecule has 0 unspecified atom stereocenters. The molecular weight excluding hydrogens is 250 g/mol. The van der Waals surface area contributed by atoms with Crippen LogP contribution in [0.2, 0.25) is 0 Å². The molecule has 0 aromatic carbocycles. The van der Waals surface area contributed by atoms with Gasteiger partial charge in [-0.1, -0.05) is 25.5 Å². The Kier molecular flexibility index (Phi) is 3.67. The van der Waals surface area contributed by atoms with Gasteiger partial charge in [0.05, 0.1) is 5.92 Å². The lowest BCUT2D eigenvalue weighted by atomic mass is 10.1. The van der Waals surface area contributed by atoms with Crippen LogP contribution in [0.15, 0.2) is 17.7 Å². The summed E-state index contributed by atoms with van der Waals surface area (Å²) in [4.78, 5) is 20.9. The van der Waals surface area contributed by atoms with E-state index in [1.807, 2.05) is 19.9 Å². The lowest BCUT2D eigenvalue weighted by Gasteiger charge is -2.06. The summed E-state index contributed by atoms with van der Waals surface area (Å²) in [6.45, 7) is 12.2. The highest BCUT2D eigenvalue weighted by Gasteiger charge is 2.60. The SMILES string of the molecule is CC(C)=C[C@@H]1[C@H](C(=O)Nc2nc(C)cc(C)n2)C1(C)C. The summed E-state index contributed by atoms with van der Waals surface area (Å²) in [6, 6.07) is 1.89. The minimum absolute atomic E-state index is 0.00168. The fourth-order valence-electron chi connectivity index (χ4n) is 2.82. The largest absolute Gasteiger partial charge is 0.294 e. The van der Waals surface area contributed by atoms with Crippen LogP contribution < -0.4 is 5.32 Å². The quantitative estimate of drug-likeness (QED) is 0.860. The van der Waals surface area contributed by atoms with Gasteiger partial charge in [0.15, 0.2) is 0 Å². The molecule has 0 aliphatic heterocycles. The topological polar surface area (TPSA) is 54.9 Å². The van der Waals surface area contributed by atoms with Gasteiger partial charge in [-0.05, 0) is 45.1 Å². The third-order valence-electron chi connectivity index (χ3n) is 3.92. The molecule has 4 heteroatoms. The molecule has 1 saturated carbocycles. The van der Waals surface area contributed by atoms with Crippen molar-refractivity contribution < 1.29 is 4.79 Å². The van der Waals surface area contributed by atoms with E-state index in [1.165, 1.54) is 5.57 Å². The van der Waals surface area contributed by atoms with Crippen LogP contribution in [0.25, 0.3) is 0 Å². The molecule has 2 atom stereocenters. The van der Waals surface area contributed by atoms with Crippen LogP contribution in [-0.4, -0.2) is 15.9 Å². The minimum atomic E-state index is 0.00168. The number of carbonyl (C=O) groups excluding carboxylic acids is 1. The Labute approximate surface area is 120 Å². The molecule has 1 heterocycles. The molecule has 1 N–H and O–H groups in total. The van der Waals surface area contributed by atoms with Crippen molar-refractivity contribution in [3.8, 4) is 0 Å². The van der Waals surface area contributed by atoms with E-state index < -0.39 is 0 Å². The first-order valence-corrected chi connectivity index (χ1v) is 7.00.